The normalized spacial score (nSPS) is 18.0. The van der Waals surface area contributed by atoms with E-state index in [1.54, 1.807) is 0 Å². The zero-order chi connectivity index (χ0) is 13.6. The Kier molecular flexibility index (Phi) is 2.70. The number of nitrogens with two attached hydrogens (primary N) is 1. The number of nitrogens with zero attached hydrogens (tertiary/aromatic N) is 1. The topological polar surface area (TPSA) is 68.0 Å². The van der Waals surface area contributed by atoms with E-state index in [1.165, 1.54) is 23.5 Å². The summed E-state index contributed by atoms with van der Waals surface area (Å²) in [5.74, 6) is -1.68. The van der Waals surface area contributed by atoms with Gasteiger partial charge in [0.2, 0.25) is 5.91 Å². The predicted molar refractivity (Wildman–Crippen MR) is 68.0 cm³/mol. The Hall–Kier alpha value is -2.02. The number of carbonyl (C=O) groups excluding carboxylic acids is 1. The molecular formula is C12H9F2N3OS. The minimum absolute atomic E-state index is 0.0944. The summed E-state index contributed by atoms with van der Waals surface area (Å²) in [5, 5.41) is 2.90. The van der Waals surface area contributed by atoms with Crippen LogP contribution in [0.15, 0.2) is 18.2 Å². The molecule has 0 radical (unpaired) electrons. The van der Waals surface area contributed by atoms with Gasteiger partial charge in [-0.2, -0.15) is 0 Å². The van der Waals surface area contributed by atoms with Crippen molar-refractivity contribution in [3.8, 4) is 0 Å². The van der Waals surface area contributed by atoms with Crippen LogP contribution in [0.4, 0.5) is 19.7 Å². The number of anilines is 2. The summed E-state index contributed by atoms with van der Waals surface area (Å²) in [7, 11) is 0. The Labute approximate surface area is 111 Å². The highest BCUT2D eigenvalue weighted by molar-refractivity contribution is 7.16. The molecule has 1 aliphatic rings. The second-order valence-corrected chi connectivity index (χ2v) is 5.30. The maximum atomic E-state index is 13.8. The number of amides is 1. The third-order valence-electron chi connectivity index (χ3n) is 2.97. The number of carbonyl (C=O) groups is 1. The zero-order valence-electron chi connectivity index (χ0n) is 9.61. The van der Waals surface area contributed by atoms with Crippen LogP contribution in [0, 0.1) is 11.6 Å². The molecule has 19 heavy (non-hydrogen) atoms. The van der Waals surface area contributed by atoms with E-state index in [2.05, 4.69) is 10.3 Å². The van der Waals surface area contributed by atoms with Crippen LogP contribution in [0.2, 0.25) is 0 Å². The van der Waals surface area contributed by atoms with Gasteiger partial charge in [0, 0.05) is 18.4 Å². The van der Waals surface area contributed by atoms with E-state index in [9.17, 15) is 13.6 Å². The van der Waals surface area contributed by atoms with Crippen molar-refractivity contribution in [3.63, 3.8) is 0 Å². The first-order valence-electron chi connectivity index (χ1n) is 5.55. The fourth-order valence-corrected chi connectivity index (χ4v) is 3.08. The van der Waals surface area contributed by atoms with Crippen molar-refractivity contribution in [1.82, 2.24) is 4.98 Å². The molecule has 0 spiro atoms. The molecule has 3 N–H and O–H groups in total. The number of thiazole rings is 1. The molecule has 1 atom stereocenters. The van der Waals surface area contributed by atoms with Gasteiger partial charge in [-0.25, -0.2) is 13.8 Å². The minimum Gasteiger partial charge on any atom is -0.375 e. The summed E-state index contributed by atoms with van der Waals surface area (Å²) in [5.41, 5.74) is 5.89. The van der Waals surface area contributed by atoms with Gasteiger partial charge in [0.1, 0.15) is 17.5 Å². The molecule has 2 heterocycles. The van der Waals surface area contributed by atoms with Crippen LogP contribution < -0.4 is 11.1 Å². The van der Waals surface area contributed by atoms with Crippen LogP contribution in [0.5, 0.6) is 0 Å². The average Bonchev–Trinajstić information content (AvgIpc) is 2.68. The van der Waals surface area contributed by atoms with E-state index >= 15 is 0 Å². The molecule has 98 valence electrons. The molecule has 1 amide bonds. The van der Waals surface area contributed by atoms with Crippen LogP contribution >= 0.6 is 11.3 Å². The Bertz CT molecular complexity index is 671. The predicted octanol–water partition coefficient (Wildman–Crippen LogP) is 2.48. The number of hydrogen-bond acceptors (Lipinski definition) is 4. The highest BCUT2D eigenvalue weighted by Crippen LogP contribution is 2.42. The molecule has 0 unspecified atom stereocenters. The number of aromatic nitrogens is 1. The standard InChI is InChI=1S/C12H9F2N3OS/c13-5-1-2-6(8(14)3-5)7-4-9(18)16-11-10(7)19-12(15)17-11/h1-3,7H,4H2,(H2,15,17)(H,16,18)/t7-/m1/s1. The lowest BCUT2D eigenvalue weighted by molar-refractivity contribution is -0.116. The third kappa shape index (κ3) is 2.06. The van der Waals surface area contributed by atoms with Crippen molar-refractivity contribution in [2.75, 3.05) is 11.1 Å². The Morgan fingerprint density at radius 2 is 2.21 bits per heavy atom. The molecule has 0 fully saturated rings. The van der Waals surface area contributed by atoms with Crippen LogP contribution in [0.25, 0.3) is 0 Å². The van der Waals surface area contributed by atoms with Gasteiger partial charge in [-0.3, -0.25) is 4.79 Å². The number of benzene rings is 1. The first-order chi connectivity index (χ1) is 9.04. The molecule has 4 nitrogen and oxygen atoms in total. The minimum atomic E-state index is -0.669. The van der Waals surface area contributed by atoms with Crippen molar-refractivity contribution < 1.29 is 13.6 Å². The second-order valence-electron chi connectivity index (χ2n) is 4.24. The zero-order valence-corrected chi connectivity index (χ0v) is 10.4. The maximum Gasteiger partial charge on any atom is 0.226 e. The smallest absolute Gasteiger partial charge is 0.226 e. The van der Waals surface area contributed by atoms with Crippen molar-refractivity contribution in [3.05, 3.63) is 40.3 Å². The lowest BCUT2D eigenvalue weighted by Gasteiger charge is -2.21. The van der Waals surface area contributed by atoms with Crippen molar-refractivity contribution >= 4 is 28.2 Å². The van der Waals surface area contributed by atoms with Gasteiger partial charge in [-0.15, -0.1) is 0 Å². The molecule has 1 aromatic heterocycles. The molecule has 0 bridgehead atoms. The highest BCUT2D eigenvalue weighted by Gasteiger charge is 2.31. The molecular weight excluding hydrogens is 272 g/mol. The van der Waals surface area contributed by atoms with E-state index in [1.807, 2.05) is 0 Å². The van der Waals surface area contributed by atoms with Crippen molar-refractivity contribution in [2.24, 2.45) is 0 Å². The number of halogens is 2. The third-order valence-corrected chi connectivity index (χ3v) is 3.97. The summed E-state index contributed by atoms with van der Waals surface area (Å²) >= 11 is 1.20. The van der Waals surface area contributed by atoms with E-state index < -0.39 is 17.6 Å². The van der Waals surface area contributed by atoms with Gasteiger partial charge < -0.3 is 11.1 Å². The van der Waals surface area contributed by atoms with Gasteiger partial charge >= 0.3 is 0 Å². The number of hydrogen-bond donors (Lipinski definition) is 2. The summed E-state index contributed by atoms with van der Waals surface area (Å²) in [6, 6.07) is 3.34. The van der Waals surface area contributed by atoms with Gasteiger partial charge in [-0.1, -0.05) is 17.4 Å². The van der Waals surface area contributed by atoms with Crippen molar-refractivity contribution in [2.45, 2.75) is 12.3 Å². The summed E-state index contributed by atoms with van der Waals surface area (Å²) in [6.45, 7) is 0. The lowest BCUT2D eigenvalue weighted by atomic mass is 9.91. The van der Waals surface area contributed by atoms with Gasteiger partial charge in [0.15, 0.2) is 5.13 Å². The molecule has 2 aromatic rings. The monoisotopic (exact) mass is 281 g/mol. The second kappa shape index (κ2) is 4.27. The summed E-state index contributed by atoms with van der Waals surface area (Å²) < 4.78 is 26.8. The lowest BCUT2D eigenvalue weighted by Crippen LogP contribution is -2.23. The molecule has 0 saturated carbocycles. The first-order valence-corrected chi connectivity index (χ1v) is 6.37. The molecule has 0 saturated heterocycles. The van der Waals surface area contributed by atoms with Crippen LogP contribution in [-0.4, -0.2) is 10.9 Å². The highest BCUT2D eigenvalue weighted by atomic mass is 32.1. The number of nitrogens with one attached hydrogen (secondary N) is 1. The van der Waals surface area contributed by atoms with Crippen LogP contribution in [-0.2, 0) is 4.79 Å². The average molecular weight is 281 g/mol. The van der Waals surface area contributed by atoms with E-state index in [0.717, 1.165) is 6.07 Å². The van der Waals surface area contributed by atoms with Crippen LogP contribution in [0.1, 0.15) is 22.8 Å². The number of rotatable bonds is 1. The quantitative estimate of drug-likeness (QED) is 0.843. The molecule has 7 heteroatoms. The van der Waals surface area contributed by atoms with Gasteiger partial charge in [0.25, 0.3) is 0 Å². The SMILES string of the molecule is Nc1nc2c(s1)[C@@H](c1ccc(F)cc1F)CC(=O)N2. The van der Waals surface area contributed by atoms with Gasteiger partial charge in [-0.05, 0) is 11.6 Å². The van der Waals surface area contributed by atoms with Crippen LogP contribution in [0.3, 0.4) is 0 Å². The van der Waals surface area contributed by atoms with E-state index in [0.29, 0.717) is 15.8 Å². The fourth-order valence-electron chi connectivity index (χ4n) is 2.17. The summed E-state index contributed by atoms with van der Waals surface area (Å²) in [6.07, 6.45) is 0.0944. The Balaban J connectivity index is 2.12. The molecule has 1 aromatic carbocycles. The van der Waals surface area contributed by atoms with E-state index in [4.69, 9.17) is 5.73 Å². The molecule has 1 aliphatic heterocycles. The summed E-state index contributed by atoms with van der Waals surface area (Å²) in [4.78, 5) is 16.3. The first kappa shape index (κ1) is 12.0. The Morgan fingerprint density at radius 3 is 2.95 bits per heavy atom. The van der Waals surface area contributed by atoms with Crippen molar-refractivity contribution in [1.29, 1.82) is 0 Å². The van der Waals surface area contributed by atoms with Gasteiger partial charge in [0.05, 0.1) is 4.88 Å². The number of fused-ring (bicyclic) bond motifs is 1. The molecule has 0 aliphatic carbocycles. The van der Waals surface area contributed by atoms with E-state index in [-0.39, 0.29) is 17.9 Å². The maximum absolute atomic E-state index is 13.8. The Morgan fingerprint density at radius 1 is 1.42 bits per heavy atom. The number of nitrogen functional groups attached to an aromatic ring is 1. The fraction of sp³-hybridized carbons (Fsp3) is 0.167. The molecule has 3 rings (SSSR count). The largest absolute Gasteiger partial charge is 0.375 e.